The van der Waals surface area contributed by atoms with Gasteiger partial charge in [-0.2, -0.15) is 0 Å². The van der Waals surface area contributed by atoms with Crippen molar-refractivity contribution in [3.8, 4) is 0 Å². The molecular formula is C21H31N3O7. The third-order valence-corrected chi connectivity index (χ3v) is 3.31. The summed E-state index contributed by atoms with van der Waals surface area (Å²) in [6.07, 6.45) is -3.10. The fourth-order valence-corrected chi connectivity index (χ4v) is 2.00. The van der Waals surface area contributed by atoms with Gasteiger partial charge in [0.2, 0.25) is 0 Å². The highest BCUT2D eigenvalue weighted by atomic mass is 16.6. The van der Waals surface area contributed by atoms with E-state index in [4.69, 9.17) is 14.2 Å². The molecule has 0 aliphatic heterocycles. The maximum absolute atomic E-state index is 12.5. The van der Waals surface area contributed by atoms with Crippen LogP contribution in [-0.2, 0) is 25.6 Å². The molecule has 172 valence electrons. The van der Waals surface area contributed by atoms with Gasteiger partial charge in [0.1, 0.15) is 23.9 Å². The molecule has 2 N–H and O–H groups in total. The summed E-state index contributed by atoms with van der Waals surface area (Å²) in [4.78, 5) is 49.2. The van der Waals surface area contributed by atoms with E-state index in [9.17, 15) is 19.2 Å². The Balaban J connectivity index is 2.75. The van der Waals surface area contributed by atoms with Gasteiger partial charge in [0.15, 0.2) is 0 Å². The molecule has 1 aromatic carbocycles. The maximum Gasteiger partial charge on any atom is 0.439 e. The Labute approximate surface area is 182 Å². The van der Waals surface area contributed by atoms with Crippen molar-refractivity contribution in [2.75, 3.05) is 0 Å². The quantitative estimate of drug-likeness (QED) is 0.546. The van der Waals surface area contributed by atoms with E-state index in [-0.39, 0.29) is 6.61 Å². The van der Waals surface area contributed by atoms with Gasteiger partial charge in [-0.05, 0) is 54.0 Å². The highest BCUT2D eigenvalue weighted by Gasteiger charge is 2.34. The highest BCUT2D eigenvalue weighted by molar-refractivity contribution is 5.93. The molecule has 0 spiro atoms. The Bertz CT molecular complexity index is 754. The number of benzene rings is 1. The number of imide groups is 1. The van der Waals surface area contributed by atoms with E-state index < -0.39 is 41.4 Å². The first-order chi connectivity index (χ1) is 14.2. The molecule has 0 radical (unpaired) electrons. The van der Waals surface area contributed by atoms with Crippen molar-refractivity contribution >= 4 is 24.2 Å². The summed E-state index contributed by atoms with van der Waals surface area (Å²) < 4.78 is 15.3. The second-order valence-electron chi connectivity index (χ2n) is 8.70. The molecule has 0 aliphatic carbocycles. The monoisotopic (exact) mass is 437 g/mol. The zero-order valence-electron chi connectivity index (χ0n) is 19.0. The van der Waals surface area contributed by atoms with Gasteiger partial charge >= 0.3 is 18.3 Å². The molecule has 0 saturated carbocycles. The lowest BCUT2D eigenvalue weighted by Gasteiger charge is -2.29. The molecule has 0 bridgehead atoms. The lowest BCUT2D eigenvalue weighted by atomic mass is 10.2. The van der Waals surface area contributed by atoms with Crippen molar-refractivity contribution in [1.29, 1.82) is 0 Å². The largest absolute Gasteiger partial charge is 0.445 e. The van der Waals surface area contributed by atoms with Crippen LogP contribution in [-0.4, -0.2) is 46.4 Å². The van der Waals surface area contributed by atoms with E-state index in [1.165, 1.54) is 6.92 Å². The van der Waals surface area contributed by atoms with E-state index in [1.807, 2.05) is 6.07 Å². The number of hydrazine groups is 1. The maximum atomic E-state index is 12.5. The number of nitrogens with zero attached hydrogens (tertiary/aromatic N) is 1. The first-order valence-electron chi connectivity index (χ1n) is 9.72. The van der Waals surface area contributed by atoms with Crippen molar-refractivity contribution in [1.82, 2.24) is 15.8 Å². The average molecular weight is 437 g/mol. The van der Waals surface area contributed by atoms with Gasteiger partial charge in [-0.3, -0.25) is 10.2 Å². The molecule has 4 amide bonds. The molecule has 10 nitrogen and oxygen atoms in total. The summed E-state index contributed by atoms with van der Waals surface area (Å²) in [6.45, 7) is 11.0. The van der Waals surface area contributed by atoms with Gasteiger partial charge in [-0.1, -0.05) is 30.3 Å². The van der Waals surface area contributed by atoms with E-state index >= 15 is 0 Å². The minimum Gasteiger partial charge on any atom is -0.445 e. The molecule has 31 heavy (non-hydrogen) atoms. The lowest BCUT2D eigenvalue weighted by molar-refractivity contribution is -0.127. The summed E-state index contributed by atoms with van der Waals surface area (Å²) in [6, 6.07) is 7.86. The standard InChI is InChI=1S/C21H31N3O7/c1-14(22-17(26)29-13-15-11-9-8-10-12-15)16(25)23-24(18(27)30-20(2,3)4)19(28)31-21(5,6)7/h8-12,14H,13H2,1-7H3,(H,22,26)(H,23,25). The molecule has 1 aromatic rings. The zero-order valence-corrected chi connectivity index (χ0v) is 19.0. The number of nitrogens with one attached hydrogen (secondary N) is 2. The summed E-state index contributed by atoms with van der Waals surface area (Å²) in [7, 11) is 0. The molecule has 1 atom stereocenters. The Morgan fingerprint density at radius 3 is 1.84 bits per heavy atom. The van der Waals surface area contributed by atoms with Gasteiger partial charge in [0.25, 0.3) is 5.91 Å². The van der Waals surface area contributed by atoms with Crippen molar-refractivity contribution in [3.63, 3.8) is 0 Å². The van der Waals surface area contributed by atoms with Gasteiger partial charge in [-0.25, -0.2) is 14.4 Å². The van der Waals surface area contributed by atoms with Crippen molar-refractivity contribution in [2.45, 2.75) is 72.3 Å². The minimum absolute atomic E-state index is 0.0168. The predicted molar refractivity (Wildman–Crippen MR) is 112 cm³/mol. The Hall–Kier alpha value is -3.30. The molecule has 0 aromatic heterocycles. The molecule has 0 saturated heterocycles. The molecule has 1 unspecified atom stereocenters. The van der Waals surface area contributed by atoms with Crippen molar-refractivity contribution in [3.05, 3.63) is 35.9 Å². The third-order valence-electron chi connectivity index (χ3n) is 3.31. The molecule has 1 rings (SSSR count). The number of carbonyl (C=O) groups is 4. The number of alkyl carbamates (subject to hydrolysis) is 1. The Morgan fingerprint density at radius 2 is 1.39 bits per heavy atom. The lowest BCUT2D eigenvalue weighted by Crippen LogP contribution is -2.57. The van der Waals surface area contributed by atoms with Gasteiger partial charge in [0, 0.05) is 0 Å². The summed E-state index contributed by atoms with van der Waals surface area (Å²) in [5, 5.41) is 2.65. The molecule has 0 aliphatic rings. The van der Waals surface area contributed by atoms with E-state index in [0.29, 0.717) is 5.01 Å². The second-order valence-corrected chi connectivity index (χ2v) is 8.70. The van der Waals surface area contributed by atoms with Crippen molar-refractivity contribution in [2.24, 2.45) is 0 Å². The average Bonchev–Trinajstić information content (AvgIpc) is 2.62. The van der Waals surface area contributed by atoms with Crippen LogP contribution >= 0.6 is 0 Å². The normalized spacial score (nSPS) is 12.2. The van der Waals surface area contributed by atoms with Crippen LogP contribution in [0.5, 0.6) is 0 Å². The van der Waals surface area contributed by atoms with Crippen LogP contribution in [0.1, 0.15) is 54.0 Å². The van der Waals surface area contributed by atoms with Crippen molar-refractivity contribution < 1.29 is 33.4 Å². The topological polar surface area (TPSA) is 123 Å². The van der Waals surface area contributed by atoms with Crippen LogP contribution in [0.4, 0.5) is 14.4 Å². The first-order valence-corrected chi connectivity index (χ1v) is 9.72. The van der Waals surface area contributed by atoms with Gasteiger partial charge in [0.05, 0.1) is 0 Å². The molecule has 0 heterocycles. The smallest absolute Gasteiger partial charge is 0.439 e. The number of ether oxygens (including phenoxy) is 3. The van der Waals surface area contributed by atoms with Crippen LogP contribution in [0, 0.1) is 0 Å². The number of rotatable bonds is 4. The SMILES string of the molecule is CC(NC(=O)OCc1ccccc1)C(=O)NN(C(=O)OC(C)(C)C)C(=O)OC(C)(C)C. The Kier molecular flexibility index (Phi) is 8.84. The van der Waals surface area contributed by atoms with Gasteiger partial charge in [-0.15, -0.1) is 5.01 Å². The second kappa shape index (κ2) is 10.6. The van der Waals surface area contributed by atoms with Crippen LogP contribution in [0.15, 0.2) is 30.3 Å². The number of amides is 4. The molecular weight excluding hydrogens is 406 g/mol. The van der Waals surface area contributed by atoms with E-state index in [0.717, 1.165) is 5.56 Å². The van der Waals surface area contributed by atoms with Gasteiger partial charge < -0.3 is 19.5 Å². The Morgan fingerprint density at radius 1 is 0.903 bits per heavy atom. The van der Waals surface area contributed by atoms with Crippen LogP contribution < -0.4 is 10.7 Å². The number of hydrogen-bond acceptors (Lipinski definition) is 7. The predicted octanol–water partition coefficient (Wildman–Crippen LogP) is 3.50. The van der Waals surface area contributed by atoms with E-state index in [1.54, 1.807) is 65.8 Å². The van der Waals surface area contributed by atoms with Crippen LogP contribution in [0.25, 0.3) is 0 Å². The van der Waals surface area contributed by atoms with Crippen LogP contribution in [0.3, 0.4) is 0 Å². The molecule has 0 fully saturated rings. The fraction of sp³-hybridized carbons (Fsp3) is 0.524. The summed E-state index contributed by atoms with van der Waals surface area (Å²) >= 11 is 0. The first kappa shape index (κ1) is 25.7. The fourth-order valence-electron chi connectivity index (χ4n) is 2.00. The molecule has 10 heteroatoms. The number of carbonyl (C=O) groups excluding carboxylic acids is 4. The zero-order chi connectivity index (χ0) is 23.8. The minimum atomic E-state index is -1.13. The third kappa shape index (κ3) is 10.3. The summed E-state index contributed by atoms with van der Waals surface area (Å²) in [5.41, 5.74) is 1.04. The van der Waals surface area contributed by atoms with E-state index in [2.05, 4.69) is 10.7 Å². The van der Waals surface area contributed by atoms with Crippen LogP contribution in [0.2, 0.25) is 0 Å². The number of hydrogen-bond donors (Lipinski definition) is 2. The highest BCUT2D eigenvalue weighted by Crippen LogP contribution is 2.13. The summed E-state index contributed by atoms with van der Waals surface area (Å²) in [5.74, 6) is -0.853.